The second-order valence-electron chi connectivity index (χ2n) is 5.87. The summed E-state index contributed by atoms with van der Waals surface area (Å²) in [6, 6.07) is 7.82. The van der Waals surface area contributed by atoms with Crippen LogP contribution in [0.4, 0.5) is 4.79 Å². The fraction of sp³-hybridized carbons (Fsp3) is 0.389. The molecular weight excluding hydrogens is 306 g/mol. The zero-order valence-corrected chi connectivity index (χ0v) is 14.0. The van der Waals surface area contributed by atoms with Gasteiger partial charge in [0.05, 0.1) is 17.6 Å². The van der Waals surface area contributed by atoms with Gasteiger partial charge in [-0.05, 0) is 37.1 Å². The average molecular weight is 327 g/mol. The van der Waals surface area contributed by atoms with Crippen molar-refractivity contribution in [2.75, 3.05) is 26.2 Å². The van der Waals surface area contributed by atoms with Crippen LogP contribution in [0.3, 0.4) is 0 Å². The number of pyridine rings is 1. The predicted octanol–water partition coefficient (Wildman–Crippen LogP) is 2.29. The first-order valence-corrected chi connectivity index (χ1v) is 8.18. The van der Waals surface area contributed by atoms with Crippen LogP contribution in [0, 0.1) is 6.92 Å². The van der Waals surface area contributed by atoms with E-state index in [4.69, 9.17) is 4.74 Å². The molecule has 0 aliphatic carbocycles. The number of cyclic esters (lactones) is 1. The maximum atomic E-state index is 12.6. The van der Waals surface area contributed by atoms with Crippen molar-refractivity contribution in [3.05, 3.63) is 41.1 Å². The van der Waals surface area contributed by atoms with Crippen LogP contribution in [0.2, 0.25) is 0 Å². The number of ether oxygens (including phenoxy) is 1. The van der Waals surface area contributed by atoms with Gasteiger partial charge in [0.15, 0.2) is 0 Å². The number of aromatic nitrogens is 1. The van der Waals surface area contributed by atoms with Gasteiger partial charge < -0.3 is 15.0 Å². The van der Waals surface area contributed by atoms with Gasteiger partial charge in [-0.25, -0.2) is 4.79 Å². The lowest BCUT2D eigenvalue weighted by Gasteiger charge is -2.14. The third-order valence-corrected chi connectivity index (χ3v) is 4.17. The monoisotopic (exact) mass is 327 g/mol. The van der Waals surface area contributed by atoms with E-state index in [2.05, 4.69) is 17.2 Å². The van der Waals surface area contributed by atoms with Gasteiger partial charge in [0, 0.05) is 24.2 Å². The predicted molar refractivity (Wildman–Crippen MR) is 91.1 cm³/mol. The molecule has 1 N–H and O–H groups in total. The summed E-state index contributed by atoms with van der Waals surface area (Å²) in [5.74, 6) is -0.147. The summed E-state index contributed by atoms with van der Waals surface area (Å²) in [6.07, 6.45) is 0.587. The molecule has 1 aromatic heterocycles. The van der Waals surface area contributed by atoms with Crippen molar-refractivity contribution in [3.8, 4) is 0 Å². The SMILES string of the molecule is CCc1ccc2nc(C)cc(C(=O)NCCN3CCOC3=O)c2c1. The quantitative estimate of drug-likeness (QED) is 0.914. The minimum Gasteiger partial charge on any atom is -0.448 e. The minimum absolute atomic E-state index is 0.147. The highest BCUT2D eigenvalue weighted by atomic mass is 16.6. The fourth-order valence-electron chi connectivity index (χ4n) is 2.84. The fourth-order valence-corrected chi connectivity index (χ4v) is 2.84. The maximum absolute atomic E-state index is 12.6. The van der Waals surface area contributed by atoms with E-state index >= 15 is 0 Å². The third-order valence-electron chi connectivity index (χ3n) is 4.17. The minimum atomic E-state index is -0.318. The van der Waals surface area contributed by atoms with E-state index in [-0.39, 0.29) is 12.0 Å². The van der Waals surface area contributed by atoms with Crippen LogP contribution in [0.5, 0.6) is 0 Å². The molecule has 1 aliphatic rings. The zero-order chi connectivity index (χ0) is 17.1. The first-order valence-electron chi connectivity index (χ1n) is 8.18. The molecule has 2 heterocycles. The Morgan fingerprint density at radius 2 is 2.21 bits per heavy atom. The molecule has 0 bridgehead atoms. The normalized spacial score (nSPS) is 14.1. The second kappa shape index (κ2) is 6.86. The molecule has 1 aromatic carbocycles. The van der Waals surface area contributed by atoms with Crippen molar-refractivity contribution in [1.82, 2.24) is 15.2 Å². The molecule has 126 valence electrons. The van der Waals surface area contributed by atoms with Crippen LogP contribution >= 0.6 is 0 Å². The molecule has 0 saturated carbocycles. The molecule has 0 unspecified atom stereocenters. The molecule has 2 aromatic rings. The van der Waals surface area contributed by atoms with Crippen molar-refractivity contribution in [1.29, 1.82) is 0 Å². The highest BCUT2D eigenvalue weighted by Gasteiger charge is 2.21. The van der Waals surface area contributed by atoms with Crippen LogP contribution in [0.1, 0.15) is 28.5 Å². The molecule has 0 spiro atoms. The second-order valence-corrected chi connectivity index (χ2v) is 5.87. The van der Waals surface area contributed by atoms with E-state index in [1.54, 1.807) is 11.0 Å². The topological polar surface area (TPSA) is 71.5 Å². The van der Waals surface area contributed by atoms with Crippen molar-refractivity contribution in [3.63, 3.8) is 0 Å². The molecule has 0 atom stereocenters. The summed E-state index contributed by atoms with van der Waals surface area (Å²) in [4.78, 5) is 30.1. The molecule has 0 radical (unpaired) electrons. The van der Waals surface area contributed by atoms with E-state index in [0.29, 0.717) is 31.8 Å². The van der Waals surface area contributed by atoms with Gasteiger partial charge in [-0.1, -0.05) is 13.0 Å². The summed E-state index contributed by atoms with van der Waals surface area (Å²) in [7, 11) is 0. The molecule has 3 rings (SSSR count). The molecule has 2 amide bonds. The summed E-state index contributed by atoms with van der Waals surface area (Å²) in [6.45, 7) is 5.80. The Kier molecular flexibility index (Phi) is 4.64. The molecule has 1 fully saturated rings. The molecule has 6 nitrogen and oxygen atoms in total. The number of aryl methyl sites for hydroxylation is 2. The first-order chi connectivity index (χ1) is 11.6. The Morgan fingerprint density at radius 1 is 1.38 bits per heavy atom. The Hall–Kier alpha value is -2.63. The summed E-state index contributed by atoms with van der Waals surface area (Å²) in [5.41, 5.74) is 3.42. The van der Waals surface area contributed by atoms with Gasteiger partial charge in [0.1, 0.15) is 6.61 Å². The molecule has 6 heteroatoms. The van der Waals surface area contributed by atoms with E-state index in [0.717, 1.165) is 23.0 Å². The first kappa shape index (κ1) is 16.2. The number of amides is 2. The van der Waals surface area contributed by atoms with Gasteiger partial charge in [-0.3, -0.25) is 9.78 Å². The molecular formula is C18H21N3O3. The van der Waals surface area contributed by atoms with E-state index in [1.165, 1.54) is 5.56 Å². The van der Waals surface area contributed by atoms with Crippen molar-refractivity contribution >= 4 is 22.9 Å². The largest absolute Gasteiger partial charge is 0.448 e. The number of hydrogen-bond acceptors (Lipinski definition) is 4. The number of benzene rings is 1. The standard InChI is InChI=1S/C18H21N3O3/c1-3-13-4-5-16-14(11-13)15(10-12(2)20-16)17(22)19-6-7-21-8-9-24-18(21)23/h4-5,10-11H,3,6-9H2,1-2H3,(H,19,22). The van der Waals surface area contributed by atoms with Gasteiger partial charge >= 0.3 is 6.09 Å². The van der Waals surface area contributed by atoms with E-state index < -0.39 is 0 Å². The number of nitrogens with one attached hydrogen (secondary N) is 1. The number of nitrogens with zero attached hydrogens (tertiary/aromatic N) is 2. The highest BCUT2D eigenvalue weighted by Crippen LogP contribution is 2.20. The van der Waals surface area contributed by atoms with Crippen LogP contribution in [0.15, 0.2) is 24.3 Å². The van der Waals surface area contributed by atoms with Crippen LogP contribution in [0.25, 0.3) is 10.9 Å². The molecule has 1 aliphatic heterocycles. The Balaban J connectivity index is 1.77. The lowest BCUT2D eigenvalue weighted by Crippen LogP contribution is -2.35. The highest BCUT2D eigenvalue weighted by molar-refractivity contribution is 6.06. The maximum Gasteiger partial charge on any atom is 0.409 e. The van der Waals surface area contributed by atoms with Crippen LogP contribution in [-0.2, 0) is 11.2 Å². The summed E-state index contributed by atoms with van der Waals surface area (Å²) in [5, 5.41) is 3.75. The summed E-state index contributed by atoms with van der Waals surface area (Å²) >= 11 is 0. The Labute approximate surface area is 140 Å². The Bertz CT molecular complexity index is 788. The number of fused-ring (bicyclic) bond motifs is 1. The van der Waals surface area contributed by atoms with Crippen molar-refractivity contribution in [2.45, 2.75) is 20.3 Å². The van der Waals surface area contributed by atoms with Crippen LogP contribution < -0.4 is 5.32 Å². The van der Waals surface area contributed by atoms with E-state index in [9.17, 15) is 9.59 Å². The van der Waals surface area contributed by atoms with Gasteiger partial charge in [0.2, 0.25) is 0 Å². The van der Waals surface area contributed by atoms with Crippen molar-refractivity contribution < 1.29 is 14.3 Å². The van der Waals surface area contributed by atoms with Crippen molar-refractivity contribution in [2.24, 2.45) is 0 Å². The number of carbonyl (C=O) groups is 2. The van der Waals surface area contributed by atoms with Gasteiger partial charge in [0.25, 0.3) is 5.91 Å². The van der Waals surface area contributed by atoms with Crippen LogP contribution in [-0.4, -0.2) is 48.1 Å². The zero-order valence-electron chi connectivity index (χ0n) is 14.0. The average Bonchev–Trinajstić information content (AvgIpc) is 2.98. The van der Waals surface area contributed by atoms with Gasteiger partial charge in [-0.15, -0.1) is 0 Å². The summed E-state index contributed by atoms with van der Waals surface area (Å²) < 4.78 is 4.87. The molecule has 24 heavy (non-hydrogen) atoms. The number of hydrogen-bond donors (Lipinski definition) is 1. The lowest BCUT2D eigenvalue weighted by atomic mass is 10.0. The third kappa shape index (κ3) is 3.32. The molecule has 1 saturated heterocycles. The Morgan fingerprint density at radius 3 is 2.92 bits per heavy atom. The smallest absolute Gasteiger partial charge is 0.409 e. The van der Waals surface area contributed by atoms with Gasteiger partial charge in [-0.2, -0.15) is 0 Å². The van der Waals surface area contributed by atoms with E-state index in [1.807, 2.05) is 25.1 Å². The number of rotatable bonds is 5. The lowest BCUT2D eigenvalue weighted by molar-refractivity contribution is 0.0950. The number of carbonyl (C=O) groups excluding carboxylic acids is 2.